The third-order valence-corrected chi connectivity index (χ3v) is 3.60. The van der Waals surface area contributed by atoms with Gasteiger partial charge >= 0.3 is 12.2 Å². The molecule has 0 saturated heterocycles. The summed E-state index contributed by atoms with van der Waals surface area (Å²) in [7, 11) is 1.08. The Balaban J connectivity index is 1.97. The number of hydrogen-bond acceptors (Lipinski definition) is 4. The maximum absolute atomic E-state index is 13.1. The summed E-state index contributed by atoms with van der Waals surface area (Å²) in [4.78, 5) is 16.5. The number of carbonyl (C=O) groups is 1. The van der Waals surface area contributed by atoms with Crippen molar-refractivity contribution in [3.8, 4) is 11.5 Å². The molecule has 2 N–H and O–H groups in total. The molecule has 0 aliphatic heterocycles. The van der Waals surface area contributed by atoms with Gasteiger partial charge in [-0.3, -0.25) is 5.32 Å². The minimum absolute atomic E-state index is 0.00105. The molecule has 1 heterocycles. The van der Waals surface area contributed by atoms with Crippen LogP contribution in [0.15, 0.2) is 36.5 Å². The quantitative estimate of drug-likeness (QED) is 0.740. The Kier molecular flexibility index (Phi) is 6.07. The molecule has 0 aliphatic rings. The van der Waals surface area contributed by atoms with Crippen molar-refractivity contribution in [2.75, 3.05) is 18.9 Å². The highest BCUT2D eigenvalue weighted by atomic mass is 19.4. The zero-order valence-electron chi connectivity index (χ0n) is 14.7. The maximum atomic E-state index is 13.1. The third kappa shape index (κ3) is 5.28. The highest BCUT2D eigenvalue weighted by Gasteiger charge is 2.50. The van der Waals surface area contributed by atoms with Crippen LogP contribution in [-0.2, 0) is 0 Å². The van der Waals surface area contributed by atoms with Gasteiger partial charge in [0, 0.05) is 13.1 Å². The van der Waals surface area contributed by atoms with Crippen LogP contribution in [0.3, 0.4) is 0 Å². The lowest BCUT2D eigenvalue weighted by molar-refractivity contribution is -0.254. The van der Waals surface area contributed by atoms with Gasteiger partial charge in [0.15, 0.2) is 17.2 Å². The van der Waals surface area contributed by atoms with Gasteiger partial charge in [0.05, 0.1) is 12.7 Å². The maximum Gasteiger partial charge on any atom is 0.418 e. The molecular formula is C17H16F5N3O3. The van der Waals surface area contributed by atoms with Gasteiger partial charge in [0.1, 0.15) is 17.3 Å². The molecule has 0 spiro atoms. The predicted octanol–water partition coefficient (Wildman–Crippen LogP) is 3.93. The Morgan fingerprint density at radius 1 is 1.18 bits per heavy atom. The molecule has 0 aliphatic carbocycles. The van der Waals surface area contributed by atoms with E-state index in [0.29, 0.717) is 11.8 Å². The van der Waals surface area contributed by atoms with Gasteiger partial charge in [-0.05, 0) is 31.2 Å². The number of amides is 2. The zero-order chi connectivity index (χ0) is 21.1. The number of aliphatic hydroxyl groups is 1. The molecular weight excluding hydrogens is 389 g/mol. The first kappa shape index (κ1) is 21.4. The van der Waals surface area contributed by atoms with Gasteiger partial charge in [-0.15, -0.1) is 0 Å². The van der Waals surface area contributed by atoms with E-state index in [4.69, 9.17) is 4.74 Å². The number of alkyl halides is 3. The number of ether oxygens (including phenoxy) is 1. The average Bonchev–Trinajstić information content (AvgIpc) is 2.58. The zero-order valence-corrected chi connectivity index (χ0v) is 14.7. The molecule has 152 valence electrons. The molecule has 0 radical (unpaired) electrons. The number of urea groups is 1. The number of halogens is 5. The smallest absolute Gasteiger partial charge is 0.418 e. The van der Waals surface area contributed by atoms with Crippen molar-refractivity contribution in [1.82, 2.24) is 9.88 Å². The Morgan fingerprint density at radius 3 is 2.36 bits per heavy atom. The van der Waals surface area contributed by atoms with E-state index in [0.717, 1.165) is 19.2 Å². The van der Waals surface area contributed by atoms with Gasteiger partial charge in [0.25, 0.3) is 0 Å². The normalized spacial score (nSPS) is 13.6. The third-order valence-electron chi connectivity index (χ3n) is 3.60. The summed E-state index contributed by atoms with van der Waals surface area (Å²) in [6.45, 7) is -0.431. The standard InChI is InChI=1S/C17H16F5N3O3/c1-16(27,17(20,21)22)9-25(2)15(26)24-14-6-4-11(8-23-14)28-10-3-5-12(18)13(19)7-10/h3-8,27H,9H2,1-2H3,(H,23,24,26)/t16-/m1/s1. The van der Waals surface area contributed by atoms with E-state index in [1.165, 1.54) is 24.4 Å². The summed E-state index contributed by atoms with van der Waals surface area (Å²) in [5.41, 5.74) is -3.07. The van der Waals surface area contributed by atoms with E-state index in [-0.39, 0.29) is 17.3 Å². The van der Waals surface area contributed by atoms with E-state index in [2.05, 4.69) is 10.3 Å². The minimum Gasteiger partial charge on any atom is -0.456 e. The van der Waals surface area contributed by atoms with Crippen LogP contribution >= 0.6 is 0 Å². The largest absolute Gasteiger partial charge is 0.456 e. The second-order valence-corrected chi connectivity index (χ2v) is 6.11. The van der Waals surface area contributed by atoms with Gasteiger partial charge < -0.3 is 14.7 Å². The first-order valence-corrected chi connectivity index (χ1v) is 7.79. The van der Waals surface area contributed by atoms with E-state index in [1.807, 2.05) is 0 Å². The number of hydrogen-bond donors (Lipinski definition) is 2. The van der Waals surface area contributed by atoms with Crippen LogP contribution in [0.1, 0.15) is 6.92 Å². The second kappa shape index (κ2) is 7.97. The van der Waals surface area contributed by atoms with Gasteiger partial charge in [0.2, 0.25) is 0 Å². The first-order chi connectivity index (χ1) is 12.9. The predicted molar refractivity (Wildman–Crippen MR) is 89.0 cm³/mol. The minimum atomic E-state index is -4.90. The molecule has 6 nitrogen and oxygen atoms in total. The Labute approximate surface area is 156 Å². The molecule has 28 heavy (non-hydrogen) atoms. The highest BCUT2D eigenvalue weighted by molar-refractivity contribution is 5.88. The van der Waals surface area contributed by atoms with Crippen LogP contribution in [0.2, 0.25) is 0 Å². The average molecular weight is 405 g/mol. The molecule has 1 aromatic heterocycles. The van der Waals surface area contributed by atoms with Crippen molar-refractivity contribution in [2.45, 2.75) is 18.7 Å². The number of nitrogens with one attached hydrogen (secondary N) is 1. The summed E-state index contributed by atoms with van der Waals surface area (Å²) < 4.78 is 69.3. The molecule has 1 aromatic carbocycles. The molecule has 2 amide bonds. The molecule has 0 fully saturated rings. The monoisotopic (exact) mass is 405 g/mol. The van der Waals surface area contributed by atoms with E-state index >= 15 is 0 Å². The lowest BCUT2D eigenvalue weighted by Crippen LogP contribution is -2.52. The molecule has 2 aromatic rings. The van der Waals surface area contributed by atoms with Gasteiger partial charge in [-0.2, -0.15) is 13.2 Å². The van der Waals surface area contributed by atoms with Crippen molar-refractivity contribution in [1.29, 1.82) is 0 Å². The number of anilines is 1. The van der Waals surface area contributed by atoms with Crippen LogP contribution in [0.4, 0.5) is 32.6 Å². The fraction of sp³-hybridized carbons (Fsp3) is 0.294. The summed E-state index contributed by atoms with van der Waals surface area (Å²) in [5, 5.41) is 11.7. The van der Waals surface area contributed by atoms with Crippen LogP contribution in [-0.4, -0.2) is 46.4 Å². The van der Waals surface area contributed by atoms with Crippen LogP contribution in [0.25, 0.3) is 0 Å². The lowest BCUT2D eigenvalue weighted by Gasteiger charge is -2.30. The Hall–Kier alpha value is -2.95. The van der Waals surface area contributed by atoms with Crippen molar-refractivity contribution in [2.24, 2.45) is 0 Å². The molecule has 0 bridgehead atoms. The summed E-state index contributed by atoms with van der Waals surface area (Å²) in [5.74, 6) is -1.95. The molecule has 0 saturated carbocycles. The fourth-order valence-corrected chi connectivity index (χ4v) is 2.02. The Morgan fingerprint density at radius 2 is 1.82 bits per heavy atom. The summed E-state index contributed by atoms with van der Waals surface area (Å²) >= 11 is 0. The summed E-state index contributed by atoms with van der Waals surface area (Å²) in [6.07, 6.45) is -3.73. The van der Waals surface area contributed by atoms with Crippen molar-refractivity contribution in [3.63, 3.8) is 0 Å². The van der Waals surface area contributed by atoms with Crippen molar-refractivity contribution < 1.29 is 36.6 Å². The van der Waals surface area contributed by atoms with E-state index in [9.17, 15) is 31.9 Å². The number of benzene rings is 1. The van der Waals surface area contributed by atoms with Gasteiger partial charge in [-0.1, -0.05) is 0 Å². The molecule has 2 rings (SSSR count). The van der Waals surface area contributed by atoms with Crippen molar-refractivity contribution in [3.05, 3.63) is 48.2 Å². The topological polar surface area (TPSA) is 74.7 Å². The number of aromatic nitrogens is 1. The number of rotatable bonds is 5. The SMILES string of the molecule is CN(C[C@@](C)(O)C(F)(F)F)C(=O)Nc1ccc(Oc2ccc(F)c(F)c2)cn1. The van der Waals surface area contributed by atoms with E-state index in [1.54, 1.807) is 0 Å². The molecule has 1 atom stereocenters. The Bertz CT molecular complexity index is 841. The van der Waals surface area contributed by atoms with Gasteiger partial charge in [-0.25, -0.2) is 18.6 Å². The highest BCUT2D eigenvalue weighted by Crippen LogP contribution is 2.30. The fourth-order valence-electron chi connectivity index (χ4n) is 2.02. The second-order valence-electron chi connectivity index (χ2n) is 6.11. The van der Waals surface area contributed by atoms with Crippen LogP contribution < -0.4 is 10.1 Å². The molecule has 11 heteroatoms. The number of pyridine rings is 1. The first-order valence-electron chi connectivity index (χ1n) is 7.79. The van der Waals surface area contributed by atoms with Crippen LogP contribution in [0, 0.1) is 11.6 Å². The molecule has 0 unspecified atom stereocenters. The van der Waals surface area contributed by atoms with E-state index < -0.39 is 36.0 Å². The van der Waals surface area contributed by atoms with Crippen molar-refractivity contribution >= 4 is 11.8 Å². The number of carbonyl (C=O) groups excluding carboxylic acids is 1. The number of likely N-dealkylation sites (N-methyl/N-ethyl adjacent to an activating group) is 1. The number of nitrogens with zero attached hydrogens (tertiary/aromatic N) is 2. The summed E-state index contributed by atoms with van der Waals surface area (Å²) in [6, 6.07) is 4.66. The lowest BCUT2D eigenvalue weighted by atomic mass is 10.1. The van der Waals surface area contributed by atoms with Crippen LogP contribution in [0.5, 0.6) is 11.5 Å².